The zero-order chi connectivity index (χ0) is 15.8. The molecule has 0 saturated heterocycles. The summed E-state index contributed by atoms with van der Waals surface area (Å²) in [6, 6.07) is 17.9. The molecule has 0 aliphatic heterocycles. The third-order valence-corrected chi connectivity index (χ3v) is 4.45. The van der Waals surface area contributed by atoms with Crippen LogP contribution in [-0.2, 0) is 10.0 Å². The number of hydrogen-bond donors (Lipinski definition) is 1. The van der Waals surface area contributed by atoms with Crippen LogP contribution in [0.1, 0.15) is 31.7 Å². The van der Waals surface area contributed by atoms with Gasteiger partial charge in [0.25, 0.3) is 10.0 Å². The lowest BCUT2D eigenvalue weighted by Gasteiger charge is -2.08. The van der Waals surface area contributed by atoms with Gasteiger partial charge in [-0.3, -0.25) is 0 Å². The van der Waals surface area contributed by atoms with E-state index in [4.69, 9.17) is 0 Å². The summed E-state index contributed by atoms with van der Waals surface area (Å²) in [5.41, 5.74) is 1.69. The molecule has 2 aromatic rings. The Labute approximate surface area is 131 Å². The molecule has 0 spiro atoms. The number of unbranched alkanes of at least 4 members (excludes halogenated alkanes) is 1. The van der Waals surface area contributed by atoms with Gasteiger partial charge in [-0.2, -0.15) is 18.4 Å². The van der Waals surface area contributed by atoms with Crippen molar-refractivity contribution in [1.29, 1.82) is 0 Å². The number of hydrazone groups is 1. The second-order valence-corrected chi connectivity index (χ2v) is 6.60. The van der Waals surface area contributed by atoms with Gasteiger partial charge in [-0.25, -0.2) is 0 Å². The zero-order valence-corrected chi connectivity index (χ0v) is 13.4. The molecule has 5 heteroatoms. The maximum atomic E-state index is 12.2. The third kappa shape index (κ3) is 4.43. The summed E-state index contributed by atoms with van der Waals surface area (Å²) in [5, 5.41) is 4.16. The van der Waals surface area contributed by atoms with Crippen LogP contribution in [0.15, 0.2) is 70.7 Å². The first kappa shape index (κ1) is 16.2. The van der Waals surface area contributed by atoms with E-state index >= 15 is 0 Å². The summed E-state index contributed by atoms with van der Waals surface area (Å²) in [4.78, 5) is 2.55. The fourth-order valence-corrected chi connectivity index (χ4v) is 2.86. The van der Waals surface area contributed by atoms with Crippen LogP contribution in [0.25, 0.3) is 0 Å². The van der Waals surface area contributed by atoms with Gasteiger partial charge in [0.05, 0.1) is 10.6 Å². The number of sulfonamides is 1. The molecule has 0 aliphatic carbocycles. The Morgan fingerprint density at radius 2 is 1.59 bits per heavy atom. The van der Waals surface area contributed by atoms with E-state index in [-0.39, 0.29) is 4.90 Å². The molecule has 0 amide bonds. The van der Waals surface area contributed by atoms with Crippen LogP contribution in [0.2, 0.25) is 0 Å². The summed E-state index contributed by atoms with van der Waals surface area (Å²) in [6.07, 6.45) is 2.72. The molecule has 0 aromatic heterocycles. The Hall–Kier alpha value is -2.14. The summed E-state index contributed by atoms with van der Waals surface area (Å²) in [7, 11) is -3.63. The smallest absolute Gasteiger partial charge is 0.200 e. The van der Waals surface area contributed by atoms with Gasteiger partial charge >= 0.3 is 0 Å². The van der Waals surface area contributed by atoms with Crippen molar-refractivity contribution in [3.8, 4) is 0 Å². The Morgan fingerprint density at radius 3 is 2.18 bits per heavy atom. The molecule has 1 N–H and O–H groups in total. The van der Waals surface area contributed by atoms with Gasteiger partial charge in [-0.05, 0) is 30.5 Å². The van der Waals surface area contributed by atoms with E-state index in [0.717, 1.165) is 30.5 Å². The van der Waals surface area contributed by atoms with E-state index < -0.39 is 10.0 Å². The number of hydrogen-bond acceptors (Lipinski definition) is 3. The van der Waals surface area contributed by atoms with E-state index in [1.807, 2.05) is 30.3 Å². The lowest BCUT2D eigenvalue weighted by Crippen LogP contribution is -2.20. The normalized spacial score (nSPS) is 12.1. The van der Waals surface area contributed by atoms with Gasteiger partial charge in [0.2, 0.25) is 0 Å². The van der Waals surface area contributed by atoms with E-state index in [0.29, 0.717) is 0 Å². The highest BCUT2D eigenvalue weighted by atomic mass is 32.2. The van der Waals surface area contributed by atoms with Gasteiger partial charge in [0, 0.05) is 0 Å². The maximum Gasteiger partial charge on any atom is 0.276 e. The van der Waals surface area contributed by atoms with Crippen LogP contribution in [-0.4, -0.2) is 14.1 Å². The van der Waals surface area contributed by atoms with Gasteiger partial charge in [-0.1, -0.05) is 61.9 Å². The highest BCUT2D eigenvalue weighted by Crippen LogP contribution is 2.10. The molecule has 0 aliphatic rings. The second kappa shape index (κ2) is 7.75. The molecule has 0 saturated carbocycles. The topological polar surface area (TPSA) is 58.5 Å². The lowest BCUT2D eigenvalue weighted by molar-refractivity contribution is 0.584. The maximum absolute atomic E-state index is 12.2. The average Bonchev–Trinajstić information content (AvgIpc) is 2.56. The SMILES string of the molecule is CCCCC(=NNS(=O)(=O)c1ccccc1)c1ccccc1. The van der Waals surface area contributed by atoms with Crippen LogP contribution in [0.4, 0.5) is 0 Å². The van der Waals surface area contributed by atoms with E-state index in [1.54, 1.807) is 30.3 Å². The predicted molar refractivity (Wildman–Crippen MR) is 89.3 cm³/mol. The Morgan fingerprint density at radius 1 is 1.00 bits per heavy atom. The number of nitrogens with one attached hydrogen (secondary N) is 1. The predicted octanol–water partition coefficient (Wildman–Crippen LogP) is 3.56. The minimum absolute atomic E-state index is 0.210. The van der Waals surface area contributed by atoms with Crippen molar-refractivity contribution in [1.82, 2.24) is 4.83 Å². The average molecular weight is 316 g/mol. The quantitative estimate of drug-likeness (QED) is 0.627. The molecule has 0 fully saturated rings. The van der Waals surface area contributed by atoms with Crippen molar-refractivity contribution in [2.75, 3.05) is 0 Å². The summed E-state index contributed by atoms with van der Waals surface area (Å²) in [5.74, 6) is 0. The lowest BCUT2D eigenvalue weighted by atomic mass is 10.1. The molecular weight excluding hydrogens is 296 g/mol. The van der Waals surface area contributed by atoms with E-state index in [1.165, 1.54) is 0 Å². The van der Waals surface area contributed by atoms with Crippen molar-refractivity contribution in [2.45, 2.75) is 31.1 Å². The van der Waals surface area contributed by atoms with Crippen molar-refractivity contribution in [2.24, 2.45) is 5.10 Å². The molecule has 2 rings (SSSR count). The second-order valence-electron chi connectivity index (χ2n) is 4.94. The molecule has 4 nitrogen and oxygen atoms in total. The summed E-state index contributed by atoms with van der Waals surface area (Å²) < 4.78 is 24.4. The molecular formula is C17H20N2O2S. The van der Waals surface area contributed by atoms with Crippen molar-refractivity contribution in [3.63, 3.8) is 0 Å². The molecule has 0 atom stereocenters. The zero-order valence-electron chi connectivity index (χ0n) is 12.6. The minimum Gasteiger partial charge on any atom is -0.200 e. The molecule has 22 heavy (non-hydrogen) atoms. The molecule has 0 heterocycles. The molecule has 116 valence electrons. The first-order valence-corrected chi connectivity index (χ1v) is 8.80. The van der Waals surface area contributed by atoms with Gasteiger partial charge in [-0.15, -0.1) is 0 Å². The first-order chi connectivity index (χ1) is 10.6. The van der Waals surface area contributed by atoms with Crippen molar-refractivity contribution >= 4 is 15.7 Å². The number of benzene rings is 2. The molecule has 0 radical (unpaired) electrons. The molecule has 0 unspecified atom stereocenters. The van der Waals surface area contributed by atoms with Crippen molar-refractivity contribution < 1.29 is 8.42 Å². The van der Waals surface area contributed by atoms with Crippen molar-refractivity contribution in [3.05, 3.63) is 66.2 Å². The van der Waals surface area contributed by atoms with Gasteiger partial charge in [0.1, 0.15) is 0 Å². The Kier molecular flexibility index (Phi) is 5.72. The van der Waals surface area contributed by atoms with Crippen LogP contribution in [0.5, 0.6) is 0 Å². The third-order valence-electron chi connectivity index (χ3n) is 3.23. The van der Waals surface area contributed by atoms with Crippen LogP contribution in [0.3, 0.4) is 0 Å². The fraction of sp³-hybridized carbons (Fsp3) is 0.235. The Bertz CT molecular complexity index is 711. The summed E-state index contributed by atoms with van der Waals surface area (Å²) in [6.45, 7) is 2.09. The largest absolute Gasteiger partial charge is 0.276 e. The van der Waals surface area contributed by atoms with E-state index in [9.17, 15) is 8.42 Å². The highest BCUT2D eigenvalue weighted by molar-refractivity contribution is 7.89. The fourth-order valence-electron chi connectivity index (χ4n) is 2.01. The minimum atomic E-state index is -3.63. The van der Waals surface area contributed by atoms with Gasteiger partial charge < -0.3 is 0 Å². The number of nitrogens with zero attached hydrogens (tertiary/aromatic N) is 1. The molecule has 0 bridgehead atoms. The van der Waals surface area contributed by atoms with Crippen LogP contribution >= 0.6 is 0 Å². The first-order valence-electron chi connectivity index (χ1n) is 7.32. The highest BCUT2D eigenvalue weighted by Gasteiger charge is 2.12. The van der Waals surface area contributed by atoms with Crippen LogP contribution in [0, 0.1) is 0 Å². The standard InChI is InChI=1S/C17H20N2O2S/c1-2-3-14-17(15-10-6-4-7-11-15)18-19-22(20,21)16-12-8-5-9-13-16/h4-13,19H,2-3,14H2,1H3. The van der Waals surface area contributed by atoms with Crippen LogP contribution < -0.4 is 4.83 Å². The van der Waals surface area contributed by atoms with Gasteiger partial charge in [0.15, 0.2) is 0 Å². The summed E-state index contributed by atoms with van der Waals surface area (Å²) >= 11 is 0. The molecule has 2 aromatic carbocycles. The monoisotopic (exact) mass is 316 g/mol. The Balaban J connectivity index is 2.23. The van der Waals surface area contributed by atoms with E-state index in [2.05, 4.69) is 16.9 Å². The number of rotatable bonds is 7.